The minimum Gasteiger partial charge on any atom is -0.495 e. The number of hydrogen-bond acceptors (Lipinski definition) is 6. The average Bonchev–Trinajstić information content (AvgIpc) is 2.85. The number of aromatic nitrogens is 1. The summed E-state index contributed by atoms with van der Waals surface area (Å²) < 4.78 is 9.10. The Labute approximate surface area is 237 Å². The number of carbonyl (C=O) groups excluding carboxylic acids is 2. The summed E-state index contributed by atoms with van der Waals surface area (Å²) in [6, 6.07) is 9.20. The molecule has 4 heterocycles. The number of rotatable bonds is 5. The van der Waals surface area contributed by atoms with Crippen molar-refractivity contribution in [3.63, 3.8) is 0 Å². The Morgan fingerprint density at radius 3 is 2.43 bits per heavy atom. The van der Waals surface area contributed by atoms with Gasteiger partial charge in [0, 0.05) is 68.8 Å². The van der Waals surface area contributed by atoms with Crippen LogP contribution in [0.5, 0.6) is 5.75 Å². The number of likely N-dealkylation sites (tertiary alicyclic amines) is 1. The fourth-order valence-corrected chi connectivity index (χ4v) is 7.92. The monoisotopic (exact) mass is 650 g/mol. The van der Waals surface area contributed by atoms with Crippen LogP contribution in [-0.2, 0) is 22.6 Å². The number of fused-ring (bicyclic) bond motifs is 4. The molecule has 0 spiro atoms. The van der Waals surface area contributed by atoms with Gasteiger partial charge in [0.15, 0.2) is 5.11 Å². The molecule has 1 aromatic carbocycles. The van der Waals surface area contributed by atoms with Crippen LogP contribution in [-0.4, -0.2) is 77.0 Å². The van der Waals surface area contributed by atoms with E-state index in [1.54, 1.807) is 27.3 Å². The summed E-state index contributed by atoms with van der Waals surface area (Å²) in [6.07, 6.45) is 1.15. The Hall–Kier alpha value is -2.08. The number of pyridine rings is 1. The number of amides is 2. The Bertz CT molecular complexity index is 1340. The quantitative estimate of drug-likeness (QED) is 0.365. The third-order valence-corrected chi connectivity index (χ3v) is 9.43. The molecular weight excluding hydrogens is 624 g/mol. The van der Waals surface area contributed by atoms with E-state index < -0.39 is 5.41 Å². The number of hydrogen-bond donors (Lipinski definition) is 0. The molecule has 3 aliphatic heterocycles. The SMILES string of the molecule is COc1c(Br)cc(Br)cc1CC1(CN2C[C@H]3C[C@@H](C2)c2cccc(=O)n2C3)C(=O)N(C)C(=S)N(C)C1=O. The molecule has 37 heavy (non-hydrogen) atoms. The summed E-state index contributed by atoms with van der Waals surface area (Å²) in [7, 11) is 4.83. The van der Waals surface area contributed by atoms with Crippen LogP contribution < -0.4 is 10.3 Å². The highest BCUT2D eigenvalue weighted by Gasteiger charge is 2.56. The largest absolute Gasteiger partial charge is 0.495 e. The van der Waals surface area contributed by atoms with Crippen LogP contribution in [0.3, 0.4) is 0 Å². The van der Waals surface area contributed by atoms with Crippen LogP contribution in [0, 0.1) is 11.3 Å². The molecule has 0 radical (unpaired) electrons. The van der Waals surface area contributed by atoms with Crippen molar-refractivity contribution in [2.45, 2.75) is 25.3 Å². The molecule has 2 bridgehead atoms. The van der Waals surface area contributed by atoms with E-state index in [1.807, 2.05) is 28.8 Å². The molecule has 0 unspecified atom stereocenters. The minimum absolute atomic E-state index is 0.0267. The van der Waals surface area contributed by atoms with Crippen molar-refractivity contribution in [2.24, 2.45) is 11.3 Å². The fraction of sp³-hybridized carbons (Fsp3) is 0.462. The van der Waals surface area contributed by atoms with Gasteiger partial charge in [-0.2, -0.15) is 0 Å². The predicted molar refractivity (Wildman–Crippen MR) is 151 cm³/mol. The van der Waals surface area contributed by atoms with Crippen LogP contribution in [0.2, 0.25) is 0 Å². The van der Waals surface area contributed by atoms with E-state index >= 15 is 0 Å². The van der Waals surface area contributed by atoms with E-state index in [4.69, 9.17) is 17.0 Å². The number of carbonyl (C=O) groups is 2. The molecule has 2 fully saturated rings. The van der Waals surface area contributed by atoms with Gasteiger partial charge in [-0.05, 0) is 64.2 Å². The molecule has 8 nitrogen and oxygen atoms in total. The molecule has 0 aliphatic carbocycles. The molecule has 196 valence electrons. The third-order valence-electron chi connectivity index (χ3n) is 7.83. The molecule has 2 saturated heterocycles. The van der Waals surface area contributed by atoms with Crippen LogP contribution in [0.1, 0.15) is 23.6 Å². The number of benzene rings is 1. The minimum atomic E-state index is -1.39. The van der Waals surface area contributed by atoms with E-state index in [2.05, 4.69) is 36.8 Å². The highest BCUT2D eigenvalue weighted by atomic mass is 79.9. The summed E-state index contributed by atoms with van der Waals surface area (Å²) in [5, 5.41) is 0.192. The van der Waals surface area contributed by atoms with Gasteiger partial charge in [0.1, 0.15) is 11.2 Å². The number of halogens is 2. The molecule has 11 heteroatoms. The van der Waals surface area contributed by atoms with Gasteiger partial charge in [0.05, 0.1) is 11.6 Å². The first-order chi connectivity index (χ1) is 17.6. The Morgan fingerprint density at radius 2 is 1.76 bits per heavy atom. The lowest BCUT2D eigenvalue weighted by Crippen LogP contribution is -2.67. The zero-order valence-electron chi connectivity index (χ0n) is 20.9. The van der Waals surface area contributed by atoms with E-state index in [0.29, 0.717) is 25.4 Å². The van der Waals surface area contributed by atoms with Gasteiger partial charge in [0.2, 0.25) is 11.8 Å². The first-order valence-electron chi connectivity index (χ1n) is 12.1. The third kappa shape index (κ3) is 4.47. The zero-order chi connectivity index (χ0) is 26.6. The van der Waals surface area contributed by atoms with Crippen molar-refractivity contribution in [3.05, 3.63) is 60.9 Å². The van der Waals surface area contributed by atoms with Crippen molar-refractivity contribution in [1.29, 1.82) is 0 Å². The summed E-state index contributed by atoms with van der Waals surface area (Å²) in [5.41, 5.74) is 0.409. The number of methoxy groups -OCH3 is 1. The standard InChI is InChI=1S/C26H28Br2N4O4S/c1-29-23(34)26(24(35)30(2)25(29)37,10-16-8-18(27)9-19(28)22(16)36-3)14-31-11-15-7-17(13-31)20-5-4-6-21(33)32(20)12-15/h4-6,8-9,15,17H,7,10-14H2,1-3H3/t15-,17+/m1/s1. The summed E-state index contributed by atoms with van der Waals surface area (Å²) in [5.74, 6) is 0.393. The second-order valence-corrected chi connectivity index (χ2v) is 12.4. The highest BCUT2D eigenvalue weighted by molar-refractivity contribution is 9.11. The van der Waals surface area contributed by atoms with Gasteiger partial charge >= 0.3 is 0 Å². The lowest BCUT2D eigenvalue weighted by molar-refractivity contribution is -0.157. The lowest BCUT2D eigenvalue weighted by Gasteiger charge is -2.48. The Balaban J connectivity index is 1.55. The highest BCUT2D eigenvalue weighted by Crippen LogP contribution is 2.42. The molecule has 2 atom stereocenters. The lowest BCUT2D eigenvalue weighted by atomic mass is 9.75. The van der Waals surface area contributed by atoms with Crippen LogP contribution >= 0.6 is 44.1 Å². The van der Waals surface area contributed by atoms with Crippen molar-refractivity contribution in [2.75, 3.05) is 40.8 Å². The van der Waals surface area contributed by atoms with Gasteiger partial charge in [-0.15, -0.1) is 0 Å². The van der Waals surface area contributed by atoms with Gasteiger partial charge in [-0.1, -0.05) is 22.0 Å². The second-order valence-electron chi connectivity index (χ2n) is 10.2. The normalized spacial score (nSPS) is 23.3. The number of thiocarbonyl (C=S) groups is 1. The van der Waals surface area contributed by atoms with Crippen LogP contribution in [0.25, 0.3) is 0 Å². The van der Waals surface area contributed by atoms with Gasteiger partial charge in [-0.3, -0.25) is 24.2 Å². The smallest absolute Gasteiger partial charge is 0.250 e. The number of piperidine rings is 1. The molecular formula is C26H28Br2N4O4S. The maximum atomic E-state index is 14.0. The Kier molecular flexibility index (Phi) is 7.10. The first-order valence-corrected chi connectivity index (χ1v) is 14.1. The van der Waals surface area contributed by atoms with Crippen molar-refractivity contribution >= 4 is 61.0 Å². The van der Waals surface area contributed by atoms with Crippen molar-refractivity contribution in [3.8, 4) is 5.75 Å². The molecule has 5 rings (SSSR count). The summed E-state index contributed by atoms with van der Waals surface area (Å²) >= 11 is 12.5. The number of ether oxygens (including phenoxy) is 1. The molecule has 2 amide bonds. The first kappa shape index (κ1) is 26.5. The second kappa shape index (κ2) is 9.91. The van der Waals surface area contributed by atoms with Crippen LogP contribution in [0.15, 0.2) is 44.1 Å². The zero-order valence-corrected chi connectivity index (χ0v) is 24.9. The number of nitrogens with zero attached hydrogens (tertiary/aromatic N) is 4. The predicted octanol–water partition coefficient (Wildman–Crippen LogP) is 3.25. The molecule has 2 aromatic rings. The average molecular weight is 652 g/mol. The van der Waals surface area contributed by atoms with Gasteiger partial charge in [0.25, 0.3) is 5.56 Å². The van der Waals surface area contributed by atoms with Gasteiger partial charge in [-0.25, -0.2) is 0 Å². The van der Waals surface area contributed by atoms with E-state index in [-0.39, 0.29) is 47.3 Å². The van der Waals surface area contributed by atoms with Gasteiger partial charge < -0.3 is 14.2 Å². The maximum Gasteiger partial charge on any atom is 0.250 e. The van der Waals surface area contributed by atoms with Crippen molar-refractivity contribution in [1.82, 2.24) is 19.3 Å². The summed E-state index contributed by atoms with van der Waals surface area (Å²) in [6.45, 7) is 2.27. The molecule has 3 aliphatic rings. The fourth-order valence-electron chi connectivity index (χ4n) is 6.28. The summed E-state index contributed by atoms with van der Waals surface area (Å²) in [4.78, 5) is 45.5. The maximum absolute atomic E-state index is 14.0. The van der Waals surface area contributed by atoms with E-state index in [0.717, 1.165) is 26.6 Å². The van der Waals surface area contributed by atoms with E-state index in [9.17, 15) is 14.4 Å². The Morgan fingerprint density at radius 1 is 1.05 bits per heavy atom. The van der Waals surface area contributed by atoms with E-state index in [1.165, 1.54) is 9.80 Å². The van der Waals surface area contributed by atoms with Crippen LogP contribution in [0.4, 0.5) is 0 Å². The molecule has 0 saturated carbocycles. The topological polar surface area (TPSA) is 75.1 Å². The molecule has 0 N–H and O–H groups in total. The molecule has 1 aromatic heterocycles. The van der Waals surface area contributed by atoms with Crippen molar-refractivity contribution < 1.29 is 14.3 Å².